The predicted octanol–water partition coefficient (Wildman–Crippen LogP) is 2.64. The van der Waals surface area contributed by atoms with E-state index in [0.29, 0.717) is 11.6 Å². The van der Waals surface area contributed by atoms with Crippen molar-refractivity contribution < 1.29 is 4.74 Å². The topological polar surface area (TPSA) is 37.9 Å². The monoisotopic (exact) mass is 208 g/mol. The molecular weight excluding hydrogens is 200 g/mol. The molecule has 0 saturated heterocycles. The van der Waals surface area contributed by atoms with Crippen LogP contribution < -0.4 is 4.74 Å². The maximum absolute atomic E-state index is 5.74. The van der Waals surface area contributed by atoms with Crippen LogP contribution in [-0.2, 0) is 6.61 Å². The van der Waals surface area contributed by atoms with Gasteiger partial charge < -0.3 is 9.72 Å². The minimum Gasteiger partial charge on any atom is -0.487 e. The Morgan fingerprint density at radius 1 is 1.29 bits per heavy atom. The van der Waals surface area contributed by atoms with Gasteiger partial charge in [0.1, 0.15) is 12.4 Å². The molecule has 0 radical (unpaired) electrons. The number of aromatic amines is 1. The van der Waals surface area contributed by atoms with Gasteiger partial charge in [0.25, 0.3) is 0 Å². The number of H-pyrrole nitrogens is 1. The van der Waals surface area contributed by atoms with Crippen LogP contribution in [0, 0.1) is 0 Å². The van der Waals surface area contributed by atoms with Crippen molar-refractivity contribution in [2.24, 2.45) is 0 Å². The highest BCUT2D eigenvalue weighted by molar-refractivity contribution is 6.30. The predicted molar refractivity (Wildman–Crippen MR) is 54.4 cm³/mol. The van der Waals surface area contributed by atoms with Crippen LogP contribution in [0.25, 0.3) is 0 Å². The number of imidazole rings is 1. The van der Waals surface area contributed by atoms with Crippen molar-refractivity contribution in [3.8, 4) is 5.75 Å². The summed E-state index contributed by atoms with van der Waals surface area (Å²) in [6, 6.07) is 7.26. The Balaban J connectivity index is 1.95. The highest BCUT2D eigenvalue weighted by Crippen LogP contribution is 2.16. The van der Waals surface area contributed by atoms with Crippen molar-refractivity contribution in [3.05, 3.63) is 47.5 Å². The van der Waals surface area contributed by atoms with Crippen molar-refractivity contribution in [2.45, 2.75) is 6.61 Å². The lowest BCUT2D eigenvalue weighted by molar-refractivity contribution is 0.302. The first-order chi connectivity index (χ1) is 6.84. The van der Waals surface area contributed by atoms with Crippen molar-refractivity contribution in [2.75, 3.05) is 0 Å². The molecule has 0 aliphatic carbocycles. The van der Waals surface area contributed by atoms with Gasteiger partial charge in [0.2, 0.25) is 0 Å². The first-order valence-electron chi connectivity index (χ1n) is 4.20. The zero-order chi connectivity index (χ0) is 9.80. The van der Waals surface area contributed by atoms with Gasteiger partial charge in [-0.3, -0.25) is 0 Å². The molecule has 1 aromatic carbocycles. The highest BCUT2D eigenvalue weighted by Gasteiger charge is 1.96. The Morgan fingerprint density at radius 3 is 2.71 bits per heavy atom. The summed E-state index contributed by atoms with van der Waals surface area (Å²) in [5, 5.41) is 0.707. The molecule has 72 valence electrons. The molecule has 0 fully saturated rings. The van der Waals surface area contributed by atoms with E-state index in [1.165, 1.54) is 0 Å². The highest BCUT2D eigenvalue weighted by atomic mass is 35.5. The van der Waals surface area contributed by atoms with Crippen LogP contribution >= 0.6 is 11.6 Å². The van der Waals surface area contributed by atoms with Crippen LogP contribution in [0.2, 0.25) is 5.02 Å². The maximum Gasteiger partial charge on any atom is 0.130 e. The first kappa shape index (κ1) is 9.09. The summed E-state index contributed by atoms with van der Waals surface area (Å²) in [7, 11) is 0. The van der Waals surface area contributed by atoms with E-state index in [4.69, 9.17) is 16.3 Å². The number of rotatable bonds is 3. The number of nitrogens with one attached hydrogen (secondary N) is 1. The molecule has 3 nitrogen and oxygen atoms in total. The maximum atomic E-state index is 5.74. The van der Waals surface area contributed by atoms with Gasteiger partial charge >= 0.3 is 0 Å². The summed E-state index contributed by atoms with van der Waals surface area (Å²) in [5.74, 6) is 0.795. The molecule has 1 heterocycles. The number of benzene rings is 1. The summed E-state index contributed by atoms with van der Waals surface area (Å²) >= 11 is 5.74. The lowest BCUT2D eigenvalue weighted by Crippen LogP contribution is -1.94. The van der Waals surface area contributed by atoms with Crippen molar-refractivity contribution in [1.82, 2.24) is 9.97 Å². The van der Waals surface area contributed by atoms with E-state index in [1.54, 1.807) is 24.7 Å². The zero-order valence-electron chi connectivity index (χ0n) is 7.40. The third kappa shape index (κ3) is 2.26. The molecule has 1 N–H and O–H groups in total. The Kier molecular flexibility index (Phi) is 2.70. The minimum absolute atomic E-state index is 0.488. The first-order valence-corrected chi connectivity index (χ1v) is 4.58. The molecule has 14 heavy (non-hydrogen) atoms. The van der Waals surface area contributed by atoms with Crippen LogP contribution in [0.4, 0.5) is 0 Å². The number of hydrogen-bond donors (Lipinski definition) is 1. The Hall–Kier alpha value is -1.48. The van der Waals surface area contributed by atoms with E-state index in [-0.39, 0.29) is 0 Å². The van der Waals surface area contributed by atoms with E-state index < -0.39 is 0 Å². The second kappa shape index (κ2) is 4.15. The van der Waals surface area contributed by atoms with Crippen LogP contribution in [0.3, 0.4) is 0 Å². The van der Waals surface area contributed by atoms with Crippen molar-refractivity contribution >= 4 is 11.6 Å². The molecule has 0 aliphatic heterocycles. The summed E-state index contributed by atoms with van der Waals surface area (Å²) in [6.45, 7) is 0.488. The average Bonchev–Trinajstić information content (AvgIpc) is 2.70. The number of nitrogens with zero attached hydrogens (tertiary/aromatic N) is 1. The molecule has 4 heteroatoms. The molecule has 2 rings (SSSR count). The number of aromatic nitrogens is 2. The van der Waals surface area contributed by atoms with Crippen molar-refractivity contribution in [3.63, 3.8) is 0 Å². The van der Waals surface area contributed by atoms with Gasteiger partial charge in [-0.1, -0.05) is 11.6 Å². The number of hydrogen-bond acceptors (Lipinski definition) is 2. The van der Waals surface area contributed by atoms with Gasteiger partial charge in [0.15, 0.2) is 0 Å². The van der Waals surface area contributed by atoms with Crippen LogP contribution in [0.5, 0.6) is 5.75 Å². The molecule has 0 aliphatic rings. The third-order valence-corrected chi connectivity index (χ3v) is 2.01. The Bertz CT molecular complexity index is 383. The molecule has 0 amide bonds. The smallest absolute Gasteiger partial charge is 0.130 e. The second-order valence-corrected chi connectivity index (χ2v) is 3.26. The molecule has 1 aromatic heterocycles. The SMILES string of the molecule is Clc1ccc(OCc2cnc[nH]2)cc1. The molecule has 0 saturated carbocycles. The standard InChI is InChI=1S/C10H9ClN2O/c11-8-1-3-10(4-2-8)14-6-9-5-12-7-13-9/h1-5,7H,6H2,(H,12,13). The molecule has 0 bridgehead atoms. The minimum atomic E-state index is 0.488. The fourth-order valence-corrected chi connectivity index (χ4v) is 1.18. The molecule has 0 atom stereocenters. The van der Waals surface area contributed by atoms with Crippen LogP contribution in [0.15, 0.2) is 36.8 Å². The summed E-state index contributed by atoms with van der Waals surface area (Å²) in [5.41, 5.74) is 0.944. The quantitative estimate of drug-likeness (QED) is 0.842. The summed E-state index contributed by atoms with van der Waals surface area (Å²) < 4.78 is 5.48. The summed E-state index contributed by atoms with van der Waals surface area (Å²) in [4.78, 5) is 6.85. The molecule has 0 spiro atoms. The lowest BCUT2D eigenvalue weighted by atomic mass is 10.3. The van der Waals surface area contributed by atoms with E-state index in [1.807, 2.05) is 12.1 Å². The van der Waals surface area contributed by atoms with Gasteiger partial charge in [0.05, 0.1) is 18.2 Å². The van der Waals surface area contributed by atoms with E-state index in [9.17, 15) is 0 Å². The van der Waals surface area contributed by atoms with Gasteiger partial charge in [0, 0.05) is 5.02 Å². The fraction of sp³-hybridized carbons (Fsp3) is 0.100. The largest absolute Gasteiger partial charge is 0.487 e. The average molecular weight is 209 g/mol. The van der Waals surface area contributed by atoms with Crippen LogP contribution in [-0.4, -0.2) is 9.97 Å². The van der Waals surface area contributed by atoms with Crippen molar-refractivity contribution in [1.29, 1.82) is 0 Å². The fourth-order valence-electron chi connectivity index (χ4n) is 1.06. The lowest BCUT2D eigenvalue weighted by Gasteiger charge is -2.03. The van der Waals surface area contributed by atoms with E-state index >= 15 is 0 Å². The van der Waals surface area contributed by atoms with Crippen LogP contribution in [0.1, 0.15) is 5.69 Å². The number of ether oxygens (including phenoxy) is 1. The zero-order valence-corrected chi connectivity index (χ0v) is 8.16. The second-order valence-electron chi connectivity index (χ2n) is 2.82. The van der Waals surface area contributed by atoms with Gasteiger partial charge in [-0.05, 0) is 24.3 Å². The summed E-state index contributed by atoms with van der Waals surface area (Å²) in [6.07, 6.45) is 3.36. The molecular formula is C10H9ClN2O. The third-order valence-electron chi connectivity index (χ3n) is 1.76. The van der Waals surface area contributed by atoms with E-state index in [2.05, 4.69) is 9.97 Å². The van der Waals surface area contributed by atoms with Gasteiger partial charge in [-0.15, -0.1) is 0 Å². The van der Waals surface area contributed by atoms with E-state index in [0.717, 1.165) is 11.4 Å². The molecule has 0 unspecified atom stereocenters. The Morgan fingerprint density at radius 2 is 2.07 bits per heavy atom. The van der Waals surface area contributed by atoms with Gasteiger partial charge in [-0.25, -0.2) is 4.98 Å². The molecule has 2 aromatic rings. The normalized spacial score (nSPS) is 10.1. The number of halogens is 1. The Labute approximate surface area is 86.7 Å². The van der Waals surface area contributed by atoms with Gasteiger partial charge in [-0.2, -0.15) is 0 Å².